The van der Waals surface area contributed by atoms with Gasteiger partial charge in [0.05, 0.1) is 36.0 Å². The summed E-state index contributed by atoms with van der Waals surface area (Å²) in [5, 5.41) is 12.4. The summed E-state index contributed by atoms with van der Waals surface area (Å²) in [5.41, 5.74) is 3.21. The monoisotopic (exact) mass is 494 g/mol. The van der Waals surface area contributed by atoms with Gasteiger partial charge < -0.3 is 10.6 Å². The lowest BCUT2D eigenvalue weighted by atomic mass is 10.3. The van der Waals surface area contributed by atoms with Gasteiger partial charge in [0, 0.05) is 24.5 Å². The fraction of sp³-hybridized carbons (Fsp3) is 0.294. The van der Waals surface area contributed by atoms with E-state index in [4.69, 9.17) is 0 Å². The molecule has 4 heterocycles. The van der Waals surface area contributed by atoms with Gasteiger partial charge in [0.2, 0.25) is 0 Å². The fourth-order valence-corrected chi connectivity index (χ4v) is 3.48. The molecule has 0 radical (unpaired) electrons. The Balaban J connectivity index is 0.00000289. The second-order valence-corrected chi connectivity index (χ2v) is 7.47. The summed E-state index contributed by atoms with van der Waals surface area (Å²) in [6.07, 6.45) is 1.29. The Morgan fingerprint density at radius 1 is 1.19 bits per heavy atom. The normalized spacial score (nSPS) is 12.2. The third-order valence-electron chi connectivity index (χ3n) is 4.28. The van der Waals surface area contributed by atoms with Crippen LogP contribution in [0.15, 0.2) is 30.9 Å². The summed E-state index contributed by atoms with van der Waals surface area (Å²) in [6.45, 7) is 0.0445. The van der Waals surface area contributed by atoms with Crippen LogP contribution < -0.4 is 10.6 Å². The summed E-state index contributed by atoms with van der Waals surface area (Å²) in [4.78, 5) is 8.84. The molecule has 4 aromatic heterocycles. The van der Waals surface area contributed by atoms with E-state index in [2.05, 4.69) is 35.2 Å². The summed E-state index contributed by atoms with van der Waals surface area (Å²) in [6, 6.07) is 1.55. The van der Waals surface area contributed by atoms with Gasteiger partial charge in [-0.2, -0.15) is 31.4 Å². The number of alkyl halides is 5. The van der Waals surface area contributed by atoms with Crippen LogP contribution in [0, 0.1) is 6.92 Å². The lowest BCUT2D eigenvalue weighted by molar-refractivity contribution is -0.279. The number of hydrogen-bond acceptors (Lipinski definition) is 7. The third-order valence-corrected chi connectivity index (χ3v) is 5.02. The first-order valence-corrected chi connectivity index (χ1v) is 9.63. The minimum Gasteiger partial charge on any atom is -0.328 e. The molecule has 3 N–H and O–H groups in total. The molecule has 0 aliphatic heterocycles. The molecule has 0 saturated heterocycles. The first kappa shape index (κ1) is 23.8. The molecule has 0 amide bonds. The largest absolute Gasteiger partial charge is 0.454 e. The average molecular weight is 495 g/mol. The molecule has 0 atom stereocenters. The minimum absolute atomic E-state index is 0. The van der Waals surface area contributed by atoms with Crippen molar-refractivity contribution < 1.29 is 22.0 Å². The Kier molecular flexibility index (Phi) is 6.67. The zero-order valence-electron chi connectivity index (χ0n) is 16.2. The highest BCUT2D eigenvalue weighted by Gasteiger charge is 2.56. The number of aromatic amines is 1. The third kappa shape index (κ3) is 4.81. The summed E-state index contributed by atoms with van der Waals surface area (Å²) in [7, 11) is 0. The van der Waals surface area contributed by atoms with Crippen molar-refractivity contribution in [2.75, 3.05) is 11.9 Å². The van der Waals surface area contributed by atoms with Gasteiger partial charge in [-0.05, 0) is 24.5 Å². The molecule has 0 bridgehead atoms. The van der Waals surface area contributed by atoms with Crippen LogP contribution in [-0.2, 0) is 6.54 Å². The summed E-state index contributed by atoms with van der Waals surface area (Å²) in [5.74, 6) is -4.37. The molecule has 0 aliphatic rings. The van der Waals surface area contributed by atoms with E-state index in [1.54, 1.807) is 24.7 Å². The van der Waals surface area contributed by atoms with E-state index in [9.17, 15) is 22.0 Å². The second kappa shape index (κ2) is 8.96. The number of H-pyrrole nitrogens is 1. The number of hydrogen-bond donors (Lipinski definition) is 3. The van der Waals surface area contributed by atoms with E-state index in [0.717, 1.165) is 22.8 Å². The van der Waals surface area contributed by atoms with E-state index < -0.39 is 18.6 Å². The number of aromatic nitrogens is 6. The van der Waals surface area contributed by atoms with Gasteiger partial charge in [-0.1, -0.05) is 0 Å². The fourth-order valence-electron chi connectivity index (χ4n) is 2.82. The SMILES string of the molecule is Cc1cn2c(-c3cn[nH]c3)cnc2c(Nc2cc(CNCC(F)(F)C(F)(F)F)ns2)n1.Cl. The van der Waals surface area contributed by atoms with Gasteiger partial charge >= 0.3 is 12.1 Å². The first-order chi connectivity index (χ1) is 14.6. The van der Waals surface area contributed by atoms with Gasteiger partial charge in [0.25, 0.3) is 0 Å². The Morgan fingerprint density at radius 3 is 2.66 bits per heavy atom. The van der Waals surface area contributed by atoms with Crippen LogP contribution in [0.1, 0.15) is 11.4 Å². The highest BCUT2D eigenvalue weighted by Crippen LogP contribution is 2.34. The summed E-state index contributed by atoms with van der Waals surface area (Å²) >= 11 is 1.02. The van der Waals surface area contributed by atoms with Crippen molar-refractivity contribution in [1.82, 2.24) is 34.3 Å². The predicted octanol–water partition coefficient (Wildman–Crippen LogP) is 4.34. The summed E-state index contributed by atoms with van der Waals surface area (Å²) < 4.78 is 68.5. The number of halogens is 6. The van der Waals surface area contributed by atoms with Crippen molar-refractivity contribution in [1.29, 1.82) is 0 Å². The van der Waals surface area contributed by atoms with Crippen LogP contribution in [0.3, 0.4) is 0 Å². The highest BCUT2D eigenvalue weighted by molar-refractivity contribution is 7.10. The van der Waals surface area contributed by atoms with Crippen LogP contribution in [0.5, 0.6) is 0 Å². The van der Waals surface area contributed by atoms with Gasteiger partial charge in [0.1, 0.15) is 5.00 Å². The number of imidazole rings is 1. The van der Waals surface area contributed by atoms with Crippen molar-refractivity contribution in [2.24, 2.45) is 0 Å². The maximum absolute atomic E-state index is 13.0. The van der Waals surface area contributed by atoms with E-state index >= 15 is 0 Å². The molecule has 32 heavy (non-hydrogen) atoms. The number of fused-ring (bicyclic) bond motifs is 1. The molecule has 15 heteroatoms. The van der Waals surface area contributed by atoms with Crippen LogP contribution in [-0.4, -0.2) is 47.6 Å². The molecule has 8 nitrogen and oxygen atoms in total. The molecule has 0 unspecified atom stereocenters. The van der Waals surface area contributed by atoms with Crippen molar-refractivity contribution in [2.45, 2.75) is 25.6 Å². The van der Waals surface area contributed by atoms with Crippen molar-refractivity contribution >= 4 is 40.4 Å². The molecule has 0 spiro atoms. The van der Waals surface area contributed by atoms with Crippen LogP contribution >= 0.6 is 23.9 Å². The van der Waals surface area contributed by atoms with Crippen molar-refractivity contribution in [3.8, 4) is 11.3 Å². The van der Waals surface area contributed by atoms with Gasteiger partial charge in [0.15, 0.2) is 11.5 Å². The van der Waals surface area contributed by atoms with E-state index in [0.29, 0.717) is 27.9 Å². The molecular weight excluding hydrogens is 479 g/mol. The Hall–Kier alpha value is -2.84. The molecule has 172 valence electrons. The van der Waals surface area contributed by atoms with E-state index in [1.807, 2.05) is 17.5 Å². The molecule has 4 aromatic rings. The second-order valence-electron chi connectivity index (χ2n) is 6.67. The van der Waals surface area contributed by atoms with E-state index in [-0.39, 0.29) is 19.0 Å². The number of aryl methyl sites for hydroxylation is 1. The number of nitrogens with one attached hydrogen (secondary N) is 3. The maximum atomic E-state index is 13.0. The van der Waals surface area contributed by atoms with Crippen molar-refractivity contribution in [3.05, 3.63) is 42.2 Å². The molecule has 0 fully saturated rings. The number of rotatable bonds is 7. The maximum Gasteiger partial charge on any atom is 0.454 e. The van der Waals surface area contributed by atoms with Crippen molar-refractivity contribution in [3.63, 3.8) is 0 Å². The predicted molar refractivity (Wildman–Crippen MR) is 111 cm³/mol. The molecular formula is C17H16ClF5N8S. The van der Waals surface area contributed by atoms with Gasteiger partial charge in [-0.25, -0.2) is 9.97 Å². The minimum atomic E-state index is -5.60. The van der Waals surface area contributed by atoms with E-state index in [1.165, 1.54) is 0 Å². The first-order valence-electron chi connectivity index (χ1n) is 8.86. The van der Waals surface area contributed by atoms with Gasteiger partial charge in [-0.3, -0.25) is 9.50 Å². The highest BCUT2D eigenvalue weighted by atomic mass is 35.5. The van der Waals surface area contributed by atoms with Gasteiger partial charge in [-0.15, -0.1) is 12.4 Å². The standard InChI is InChI=1S/C17H15F5N8S.ClH/c1-9-7-30-12(10-3-25-26-4-10)6-24-15(30)14(27-9)28-13-2-11(29-31-13)5-23-8-16(18,19)17(20,21)22;/h2-4,6-7,23H,5,8H2,1H3,(H,25,26)(H,27,28);1H. The van der Waals surface area contributed by atoms with Crippen LogP contribution in [0.4, 0.5) is 32.8 Å². The molecule has 0 saturated carbocycles. The number of anilines is 2. The topological polar surface area (TPSA) is 95.8 Å². The zero-order chi connectivity index (χ0) is 22.2. The Labute approximate surface area is 187 Å². The van der Waals surface area contributed by atoms with Crippen LogP contribution in [0.2, 0.25) is 0 Å². The molecule has 0 aromatic carbocycles. The zero-order valence-corrected chi connectivity index (χ0v) is 17.9. The van der Waals surface area contributed by atoms with Crippen LogP contribution in [0.25, 0.3) is 16.9 Å². The quantitative estimate of drug-likeness (QED) is 0.331. The molecule has 4 rings (SSSR count). The smallest absolute Gasteiger partial charge is 0.328 e. The lowest BCUT2D eigenvalue weighted by Crippen LogP contribution is -2.45. The average Bonchev–Trinajstić information content (AvgIpc) is 3.40. The Bertz CT molecular complexity index is 1190. The lowest BCUT2D eigenvalue weighted by Gasteiger charge is -2.19. The Morgan fingerprint density at radius 2 is 1.97 bits per heavy atom. The number of nitrogens with zero attached hydrogens (tertiary/aromatic N) is 5. The molecule has 0 aliphatic carbocycles.